The maximum absolute atomic E-state index is 14.2. The van der Waals surface area contributed by atoms with Gasteiger partial charge in [0.15, 0.2) is 0 Å². The number of thiophene rings is 1. The molecule has 204 valence electrons. The van der Waals surface area contributed by atoms with Gasteiger partial charge in [-0.25, -0.2) is 4.98 Å². The van der Waals surface area contributed by atoms with E-state index in [9.17, 15) is 4.79 Å². The van der Waals surface area contributed by atoms with Gasteiger partial charge in [0.1, 0.15) is 16.4 Å². The number of nitrogens with zero attached hydrogens (tertiary/aromatic N) is 3. The van der Waals surface area contributed by atoms with E-state index in [1.807, 2.05) is 79.6 Å². The summed E-state index contributed by atoms with van der Waals surface area (Å²) in [6.45, 7) is 0.443. The fourth-order valence-corrected chi connectivity index (χ4v) is 6.88. The van der Waals surface area contributed by atoms with Gasteiger partial charge in [0.2, 0.25) is 0 Å². The zero-order chi connectivity index (χ0) is 27.5. The number of benzene rings is 2. The molecule has 0 aliphatic heterocycles. The molecule has 1 amide bonds. The molecule has 2 aromatic carbocycles. The molecule has 1 aliphatic rings. The fourth-order valence-electron chi connectivity index (χ4n) is 5.41. The zero-order valence-corrected chi connectivity index (χ0v) is 24.5. The van der Waals surface area contributed by atoms with Crippen molar-refractivity contribution in [2.24, 2.45) is 0 Å². The molecule has 0 radical (unpaired) electrons. The molecule has 0 unspecified atom stereocenters. The second-order valence-corrected chi connectivity index (χ2v) is 11.7. The third-order valence-corrected chi connectivity index (χ3v) is 9.36. The summed E-state index contributed by atoms with van der Waals surface area (Å²) in [5.41, 5.74) is 3.02. The van der Waals surface area contributed by atoms with E-state index < -0.39 is 0 Å². The Morgan fingerprint density at radius 3 is 2.46 bits per heavy atom. The minimum absolute atomic E-state index is 0.0152. The van der Waals surface area contributed by atoms with E-state index in [-0.39, 0.29) is 11.9 Å². The molecule has 2 aromatic heterocycles. The van der Waals surface area contributed by atoms with Gasteiger partial charge in [0.25, 0.3) is 5.91 Å². The highest BCUT2D eigenvalue weighted by atomic mass is 35.5. The van der Waals surface area contributed by atoms with Gasteiger partial charge in [-0.15, -0.1) is 11.3 Å². The summed E-state index contributed by atoms with van der Waals surface area (Å²) in [6.07, 6.45) is 5.84. The van der Waals surface area contributed by atoms with Gasteiger partial charge in [0, 0.05) is 60.1 Å². The maximum Gasteiger partial charge on any atom is 0.266 e. The number of halogens is 1. The molecule has 1 N–H and O–H groups in total. The third kappa shape index (κ3) is 5.76. The van der Waals surface area contributed by atoms with Gasteiger partial charge in [-0.3, -0.25) is 4.79 Å². The molecule has 39 heavy (non-hydrogen) atoms. The summed E-state index contributed by atoms with van der Waals surface area (Å²) in [5, 5.41) is 4.88. The highest BCUT2D eigenvalue weighted by Crippen LogP contribution is 2.38. The molecule has 5 rings (SSSR count). The van der Waals surface area contributed by atoms with Gasteiger partial charge in [-0.1, -0.05) is 35.9 Å². The number of rotatable bonds is 8. The molecule has 1 aliphatic carbocycles. The van der Waals surface area contributed by atoms with Crippen LogP contribution in [0.25, 0.3) is 21.2 Å². The third-order valence-electron chi connectivity index (χ3n) is 7.70. The Balaban J connectivity index is 1.51. The quantitative estimate of drug-likeness (QED) is 0.254. The summed E-state index contributed by atoms with van der Waals surface area (Å²) in [5.74, 6) is 1.65. The molecule has 0 saturated heterocycles. The van der Waals surface area contributed by atoms with Crippen molar-refractivity contribution >= 4 is 44.7 Å². The Morgan fingerprint density at radius 2 is 1.82 bits per heavy atom. The number of fused-ring (bicyclic) bond motifs is 1. The Bertz CT molecular complexity index is 1450. The van der Waals surface area contributed by atoms with Crippen molar-refractivity contribution in [3.8, 4) is 16.9 Å². The Hall–Kier alpha value is -3.13. The number of anilines is 1. The number of amides is 1. The minimum Gasteiger partial charge on any atom is -0.496 e. The lowest BCUT2D eigenvalue weighted by Crippen LogP contribution is -2.44. The van der Waals surface area contributed by atoms with Crippen LogP contribution in [0.1, 0.15) is 40.9 Å². The van der Waals surface area contributed by atoms with Crippen LogP contribution < -0.4 is 15.0 Å². The van der Waals surface area contributed by atoms with Crippen molar-refractivity contribution in [1.82, 2.24) is 15.2 Å². The number of ether oxygens (including phenoxy) is 1. The molecule has 8 heteroatoms. The first-order valence-corrected chi connectivity index (χ1v) is 14.5. The van der Waals surface area contributed by atoms with Crippen LogP contribution >= 0.6 is 22.9 Å². The second-order valence-electron chi connectivity index (χ2n) is 10.3. The summed E-state index contributed by atoms with van der Waals surface area (Å²) in [6, 6.07) is 18.8. The zero-order valence-electron chi connectivity index (χ0n) is 22.9. The van der Waals surface area contributed by atoms with Crippen LogP contribution in [-0.2, 0) is 6.54 Å². The molecule has 4 aromatic rings. The van der Waals surface area contributed by atoms with Crippen LogP contribution in [0.15, 0.2) is 60.8 Å². The number of aromatic nitrogens is 1. The van der Waals surface area contributed by atoms with E-state index in [2.05, 4.69) is 22.4 Å². The average Bonchev–Trinajstić information content (AvgIpc) is 3.32. The highest BCUT2D eigenvalue weighted by molar-refractivity contribution is 7.21. The van der Waals surface area contributed by atoms with E-state index in [1.165, 1.54) is 11.3 Å². The number of pyridine rings is 1. The Labute approximate surface area is 239 Å². The number of hydrogen-bond donors (Lipinski definition) is 1. The lowest BCUT2D eigenvalue weighted by atomic mass is 9.89. The summed E-state index contributed by atoms with van der Waals surface area (Å²) >= 11 is 8.27. The van der Waals surface area contributed by atoms with E-state index in [1.54, 1.807) is 7.11 Å². The van der Waals surface area contributed by atoms with Crippen LogP contribution in [0.4, 0.5) is 5.82 Å². The van der Waals surface area contributed by atoms with E-state index in [0.29, 0.717) is 22.5 Å². The fraction of sp³-hybridized carbons (Fsp3) is 0.355. The topological polar surface area (TPSA) is 57.7 Å². The van der Waals surface area contributed by atoms with Gasteiger partial charge >= 0.3 is 0 Å². The van der Waals surface area contributed by atoms with Crippen molar-refractivity contribution in [3.05, 3.63) is 76.3 Å². The van der Waals surface area contributed by atoms with Crippen molar-refractivity contribution in [2.45, 2.75) is 44.3 Å². The van der Waals surface area contributed by atoms with E-state index >= 15 is 0 Å². The molecular formula is C31H35ClN4O2S. The monoisotopic (exact) mass is 562 g/mol. The molecule has 0 atom stereocenters. The standard InChI is InChI=1S/C31H35ClN4O2S/c1-33-23-11-13-24(14-12-23)36(31(37)30-29(32)25-7-5-6-8-27(25)39-30)19-22-17-20(9-15-26(22)38-4)21-10-16-28(34-18-21)35(2)3/h5-10,15-18,23-24,33H,11-14,19H2,1-4H3. The normalized spacial score (nSPS) is 17.3. The number of nitrogens with one attached hydrogen (secondary N) is 1. The average molecular weight is 563 g/mol. The Kier molecular flexibility index (Phi) is 8.40. The molecule has 1 saturated carbocycles. The SMILES string of the molecule is CNC1CCC(N(Cc2cc(-c3ccc(N(C)C)nc3)ccc2OC)C(=O)c2sc3ccccc3c2Cl)CC1. The molecule has 0 bridgehead atoms. The highest BCUT2D eigenvalue weighted by Gasteiger charge is 2.32. The van der Waals surface area contributed by atoms with Gasteiger partial charge in [-0.05, 0) is 68.6 Å². The lowest BCUT2D eigenvalue weighted by molar-refractivity contribution is 0.0604. The Morgan fingerprint density at radius 1 is 1.08 bits per heavy atom. The largest absolute Gasteiger partial charge is 0.496 e. The molecule has 0 spiro atoms. The lowest BCUT2D eigenvalue weighted by Gasteiger charge is -2.37. The van der Waals surface area contributed by atoms with Crippen LogP contribution in [0, 0.1) is 0 Å². The summed E-state index contributed by atoms with van der Waals surface area (Å²) in [7, 11) is 7.65. The predicted octanol–water partition coefficient (Wildman–Crippen LogP) is 6.86. The van der Waals surface area contributed by atoms with Crippen molar-refractivity contribution in [3.63, 3.8) is 0 Å². The van der Waals surface area contributed by atoms with Gasteiger partial charge < -0.3 is 19.9 Å². The number of hydrogen-bond acceptors (Lipinski definition) is 6. The molecule has 1 fully saturated rings. The maximum atomic E-state index is 14.2. The van der Waals surface area contributed by atoms with Crippen LogP contribution in [-0.4, -0.2) is 56.1 Å². The number of carbonyl (C=O) groups is 1. The first kappa shape index (κ1) is 27.4. The van der Waals surface area contributed by atoms with Crippen molar-refractivity contribution in [1.29, 1.82) is 0 Å². The van der Waals surface area contributed by atoms with Crippen molar-refractivity contribution < 1.29 is 9.53 Å². The minimum atomic E-state index is -0.0152. The van der Waals surface area contributed by atoms with Gasteiger partial charge in [0.05, 0.1) is 12.1 Å². The molecular weight excluding hydrogens is 528 g/mol. The summed E-state index contributed by atoms with van der Waals surface area (Å²) in [4.78, 5) is 23.4. The summed E-state index contributed by atoms with van der Waals surface area (Å²) < 4.78 is 6.80. The van der Waals surface area contributed by atoms with Crippen LogP contribution in [0.5, 0.6) is 5.75 Å². The first-order valence-electron chi connectivity index (χ1n) is 13.4. The molecule has 6 nitrogen and oxygen atoms in total. The number of methoxy groups -OCH3 is 1. The molecule has 2 heterocycles. The van der Waals surface area contributed by atoms with Crippen LogP contribution in [0.3, 0.4) is 0 Å². The van der Waals surface area contributed by atoms with Crippen molar-refractivity contribution in [2.75, 3.05) is 33.2 Å². The first-order chi connectivity index (χ1) is 18.9. The van der Waals surface area contributed by atoms with E-state index in [4.69, 9.17) is 16.3 Å². The smallest absolute Gasteiger partial charge is 0.266 e. The predicted molar refractivity (Wildman–Crippen MR) is 162 cm³/mol. The van der Waals surface area contributed by atoms with E-state index in [0.717, 1.165) is 64.0 Å². The second kappa shape index (κ2) is 11.9. The van der Waals surface area contributed by atoms with Crippen LogP contribution in [0.2, 0.25) is 5.02 Å². The van der Waals surface area contributed by atoms with Gasteiger partial charge in [-0.2, -0.15) is 0 Å². The number of carbonyl (C=O) groups excluding carboxylic acids is 1.